The van der Waals surface area contributed by atoms with Crippen LogP contribution >= 0.6 is 0 Å². The van der Waals surface area contributed by atoms with Crippen LogP contribution in [0.5, 0.6) is 5.75 Å². The first-order valence-corrected chi connectivity index (χ1v) is 8.45. The zero-order chi connectivity index (χ0) is 18.8. The van der Waals surface area contributed by atoms with Crippen LogP contribution in [-0.2, 0) is 20.7 Å². The zero-order valence-corrected chi connectivity index (χ0v) is 15.0. The second kappa shape index (κ2) is 10.0. The minimum Gasteiger partial charge on any atom is -0.497 e. The van der Waals surface area contributed by atoms with Crippen LogP contribution in [0.2, 0.25) is 0 Å². The van der Waals surface area contributed by atoms with E-state index < -0.39 is 12.0 Å². The summed E-state index contributed by atoms with van der Waals surface area (Å²) < 4.78 is 10.2. The fourth-order valence-corrected chi connectivity index (χ4v) is 2.39. The fourth-order valence-electron chi connectivity index (χ4n) is 2.39. The van der Waals surface area contributed by atoms with Crippen molar-refractivity contribution in [1.82, 2.24) is 5.32 Å². The van der Waals surface area contributed by atoms with E-state index in [4.69, 9.17) is 9.47 Å². The normalized spacial score (nSPS) is 11.8. The van der Waals surface area contributed by atoms with Crippen molar-refractivity contribution in [2.75, 3.05) is 13.7 Å². The van der Waals surface area contributed by atoms with Crippen LogP contribution in [0, 0.1) is 0 Å². The molecule has 1 N–H and O–H groups in total. The molecule has 0 radical (unpaired) electrons. The lowest BCUT2D eigenvalue weighted by Crippen LogP contribution is -2.42. The molecule has 0 spiro atoms. The minimum atomic E-state index is -0.731. The van der Waals surface area contributed by atoms with Gasteiger partial charge in [-0.05, 0) is 36.3 Å². The summed E-state index contributed by atoms with van der Waals surface area (Å²) in [7, 11) is 1.60. The Morgan fingerprint density at radius 1 is 1.08 bits per heavy atom. The summed E-state index contributed by atoms with van der Waals surface area (Å²) >= 11 is 0. The molecule has 5 heteroatoms. The maximum atomic E-state index is 12.2. The average Bonchev–Trinajstić information content (AvgIpc) is 2.67. The lowest BCUT2D eigenvalue weighted by molar-refractivity contribution is -0.146. The lowest BCUT2D eigenvalue weighted by atomic mass is 10.1. The first-order valence-electron chi connectivity index (χ1n) is 8.45. The van der Waals surface area contributed by atoms with Crippen molar-refractivity contribution in [3.8, 4) is 5.75 Å². The van der Waals surface area contributed by atoms with Gasteiger partial charge < -0.3 is 14.8 Å². The molecule has 0 aliphatic carbocycles. The number of esters is 1. The van der Waals surface area contributed by atoms with E-state index in [-0.39, 0.29) is 12.5 Å². The molecule has 0 aliphatic heterocycles. The molecule has 0 bridgehead atoms. The Bertz CT molecular complexity index is 738. The first kappa shape index (κ1) is 19.2. The van der Waals surface area contributed by atoms with E-state index in [1.807, 2.05) is 54.6 Å². The molecule has 26 heavy (non-hydrogen) atoms. The number of methoxy groups -OCH3 is 1. The number of hydrogen-bond donors (Lipinski definition) is 1. The molecule has 2 aromatic rings. The van der Waals surface area contributed by atoms with Crippen LogP contribution in [0.4, 0.5) is 0 Å². The van der Waals surface area contributed by atoms with Crippen molar-refractivity contribution in [3.63, 3.8) is 0 Å². The molecular weight excluding hydrogens is 330 g/mol. The smallest absolute Gasteiger partial charge is 0.328 e. The third-order valence-electron chi connectivity index (χ3n) is 3.71. The molecule has 2 aromatic carbocycles. The molecule has 0 saturated carbocycles. The van der Waals surface area contributed by atoms with E-state index >= 15 is 0 Å². The van der Waals surface area contributed by atoms with Gasteiger partial charge in [-0.15, -0.1) is 0 Å². The van der Waals surface area contributed by atoms with Gasteiger partial charge in [0, 0.05) is 12.5 Å². The quantitative estimate of drug-likeness (QED) is 0.585. The number of nitrogens with one attached hydrogen (secondary N) is 1. The van der Waals surface area contributed by atoms with Crippen molar-refractivity contribution < 1.29 is 19.1 Å². The maximum absolute atomic E-state index is 12.2. The van der Waals surface area contributed by atoms with Gasteiger partial charge in [0.15, 0.2) is 0 Å². The van der Waals surface area contributed by atoms with Gasteiger partial charge in [0.1, 0.15) is 11.8 Å². The van der Waals surface area contributed by atoms with Gasteiger partial charge in [-0.2, -0.15) is 0 Å². The van der Waals surface area contributed by atoms with Crippen LogP contribution < -0.4 is 10.1 Å². The molecule has 1 amide bonds. The highest BCUT2D eigenvalue weighted by atomic mass is 16.5. The highest BCUT2D eigenvalue weighted by molar-refractivity contribution is 5.94. The molecule has 1 unspecified atom stereocenters. The molecule has 0 saturated heterocycles. The number of carbonyl (C=O) groups is 2. The van der Waals surface area contributed by atoms with Crippen LogP contribution in [0.1, 0.15) is 18.1 Å². The van der Waals surface area contributed by atoms with E-state index in [1.165, 1.54) is 6.08 Å². The van der Waals surface area contributed by atoms with Gasteiger partial charge in [-0.3, -0.25) is 4.79 Å². The Morgan fingerprint density at radius 3 is 2.38 bits per heavy atom. The van der Waals surface area contributed by atoms with Crippen molar-refractivity contribution in [2.24, 2.45) is 0 Å². The summed E-state index contributed by atoms with van der Waals surface area (Å²) in [6.07, 6.45) is 3.46. The second-order valence-corrected chi connectivity index (χ2v) is 5.61. The Labute approximate surface area is 153 Å². The minimum absolute atomic E-state index is 0.266. The third kappa shape index (κ3) is 6.09. The van der Waals surface area contributed by atoms with Gasteiger partial charge >= 0.3 is 5.97 Å². The number of benzene rings is 2. The molecule has 0 aromatic heterocycles. The summed E-state index contributed by atoms with van der Waals surface area (Å²) in [5.41, 5.74) is 1.81. The lowest BCUT2D eigenvalue weighted by Gasteiger charge is -2.16. The number of ether oxygens (including phenoxy) is 2. The monoisotopic (exact) mass is 353 g/mol. The molecule has 2 rings (SSSR count). The average molecular weight is 353 g/mol. The summed E-state index contributed by atoms with van der Waals surface area (Å²) in [6, 6.07) is 16.1. The van der Waals surface area contributed by atoms with Gasteiger partial charge in [0.25, 0.3) is 0 Å². The van der Waals surface area contributed by atoms with Crippen molar-refractivity contribution >= 4 is 18.0 Å². The summed E-state index contributed by atoms with van der Waals surface area (Å²) in [4.78, 5) is 24.4. The van der Waals surface area contributed by atoms with Crippen LogP contribution in [0.25, 0.3) is 6.08 Å². The van der Waals surface area contributed by atoms with E-state index in [1.54, 1.807) is 20.1 Å². The van der Waals surface area contributed by atoms with Gasteiger partial charge in [0.05, 0.1) is 13.7 Å². The summed E-state index contributed by atoms with van der Waals surface area (Å²) in [5.74, 6) is -0.0470. The van der Waals surface area contributed by atoms with Crippen molar-refractivity contribution in [1.29, 1.82) is 0 Å². The number of hydrogen-bond acceptors (Lipinski definition) is 4. The fraction of sp³-hybridized carbons (Fsp3) is 0.238. The van der Waals surface area contributed by atoms with Crippen LogP contribution in [0.3, 0.4) is 0 Å². The third-order valence-corrected chi connectivity index (χ3v) is 3.71. The van der Waals surface area contributed by atoms with Gasteiger partial charge in [-0.1, -0.05) is 42.5 Å². The molecule has 1 atom stereocenters. The van der Waals surface area contributed by atoms with E-state index in [9.17, 15) is 9.59 Å². The van der Waals surface area contributed by atoms with Gasteiger partial charge in [0.2, 0.25) is 5.91 Å². The van der Waals surface area contributed by atoms with E-state index in [0.717, 1.165) is 16.9 Å². The molecule has 0 fully saturated rings. The van der Waals surface area contributed by atoms with Gasteiger partial charge in [-0.25, -0.2) is 4.79 Å². The van der Waals surface area contributed by atoms with Crippen LogP contribution in [-0.4, -0.2) is 31.6 Å². The standard InChI is InChI=1S/C21H23NO4/c1-3-26-21(24)19(15-17-7-5-4-6-8-17)22-20(23)14-11-16-9-12-18(25-2)13-10-16/h4-14,19H,3,15H2,1-2H3,(H,22,23)/b14-11+. The molecular formula is C21H23NO4. The topological polar surface area (TPSA) is 64.6 Å². The summed E-state index contributed by atoms with van der Waals surface area (Å²) in [5, 5.41) is 2.72. The maximum Gasteiger partial charge on any atom is 0.328 e. The Morgan fingerprint density at radius 2 is 1.77 bits per heavy atom. The molecule has 0 aliphatic rings. The molecule has 5 nitrogen and oxygen atoms in total. The Balaban J connectivity index is 2.02. The number of amides is 1. The first-order chi connectivity index (χ1) is 12.6. The van der Waals surface area contributed by atoms with Crippen LogP contribution in [0.15, 0.2) is 60.7 Å². The highest BCUT2D eigenvalue weighted by Gasteiger charge is 2.21. The molecule has 0 heterocycles. The van der Waals surface area contributed by atoms with Crippen molar-refractivity contribution in [2.45, 2.75) is 19.4 Å². The predicted molar refractivity (Wildman–Crippen MR) is 101 cm³/mol. The Hall–Kier alpha value is -3.08. The molecule has 136 valence electrons. The number of carbonyl (C=O) groups excluding carboxylic acids is 2. The van der Waals surface area contributed by atoms with E-state index in [2.05, 4.69) is 5.32 Å². The number of rotatable bonds is 8. The Kier molecular flexibility index (Phi) is 7.43. The van der Waals surface area contributed by atoms with E-state index in [0.29, 0.717) is 6.42 Å². The zero-order valence-electron chi connectivity index (χ0n) is 15.0. The highest BCUT2D eigenvalue weighted by Crippen LogP contribution is 2.12. The predicted octanol–water partition coefficient (Wildman–Crippen LogP) is 3.00. The van der Waals surface area contributed by atoms with Crippen molar-refractivity contribution in [3.05, 3.63) is 71.8 Å². The summed E-state index contributed by atoms with van der Waals surface area (Å²) in [6.45, 7) is 2.00. The second-order valence-electron chi connectivity index (χ2n) is 5.61. The largest absolute Gasteiger partial charge is 0.497 e. The SMILES string of the molecule is CCOC(=O)C(Cc1ccccc1)NC(=O)/C=C/c1ccc(OC)cc1.